The van der Waals surface area contributed by atoms with E-state index >= 15 is 0 Å². The zero-order valence-corrected chi connectivity index (χ0v) is 20.9. The summed E-state index contributed by atoms with van der Waals surface area (Å²) in [5, 5.41) is 5.41. The first kappa shape index (κ1) is 22.6. The second-order valence-corrected chi connectivity index (χ2v) is 10.8. The molecule has 34 heavy (non-hydrogen) atoms. The zero-order chi connectivity index (χ0) is 23.7. The van der Waals surface area contributed by atoms with E-state index in [-0.39, 0.29) is 9.79 Å². The molecule has 5 aromatic rings. The van der Waals surface area contributed by atoms with Crippen LogP contribution in [0.1, 0.15) is 0 Å². The first-order valence-corrected chi connectivity index (χ1v) is 13.1. The summed E-state index contributed by atoms with van der Waals surface area (Å²) in [4.78, 5) is 0.336. The molecule has 0 amide bonds. The average molecular weight is 550 g/mol. The molecule has 0 radical (unpaired) electrons. The number of aromatic nitrogens is 2. The first-order chi connectivity index (χ1) is 16.4. The Morgan fingerprint density at radius 3 is 1.91 bits per heavy atom. The molecule has 1 heterocycles. The van der Waals surface area contributed by atoms with Crippen LogP contribution in [0.5, 0.6) is 0 Å². The van der Waals surface area contributed by atoms with Crippen LogP contribution in [0.4, 0.5) is 0 Å². The SMILES string of the molecule is O=S(=O)(c1ccc(Br)cc1)c1c(-c2ccc(Cl)cc2)nn(-c2ccccc2)c1-c1ccccc1. The third kappa shape index (κ3) is 4.20. The molecule has 0 saturated carbocycles. The average Bonchev–Trinajstić information content (AvgIpc) is 3.27. The Bertz CT molecular complexity index is 1550. The van der Waals surface area contributed by atoms with Crippen LogP contribution in [0.15, 0.2) is 123 Å². The Morgan fingerprint density at radius 1 is 0.706 bits per heavy atom. The molecule has 0 aliphatic carbocycles. The van der Waals surface area contributed by atoms with E-state index in [1.54, 1.807) is 53.2 Å². The van der Waals surface area contributed by atoms with Crippen LogP contribution in [0.3, 0.4) is 0 Å². The van der Waals surface area contributed by atoms with Gasteiger partial charge in [0.15, 0.2) is 0 Å². The maximum atomic E-state index is 14.2. The Kier molecular flexibility index (Phi) is 6.13. The van der Waals surface area contributed by atoms with E-state index in [2.05, 4.69) is 15.9 Å². The van der Waals surface area contributed by atoms with E-state index < -0.39 is 9.84 Å². The second kappa shape index (κ2) is 9.22. The van der Waals surface area contributed by atoms with Gasteiger partial charge in [-0.25, -0.2) is 13.1 Å². The van der Waals surface area contributed by atoms with Gasteiger partial charge in [0.2, 0.25) is 9.84 Å². The Hall–Kier alpha value is -3.19. The van der Waals surface area contributed by atoms with Crippen molar-refractivity contribution in [1.29, 1.82) is 0 Å². The lowest BCUT2D eigenvalue weighted by Gasteiger charge is -2.11. The molecule has 4 nitrogen and oxygen atoms in total. The van der Waals surface area contributed by atoms with E-state index in [4.69, 9.17) is 16.7 Å². The summed E-state index contributed by atoms with van der Waals surface area (Å²) in [6.07, 6.45) is 0. The maximum Gasteiger partial charge on any atom is 0.210 e. The first-order valence-electron chi connectivity index (χ1n) is 10.5. The minimum Gasteiger partial charge on any atom is -0.231 e. The van der Waals surface area contributed by atoms with Gasteiger partial charge in [-0.1, -0.05) is 88.2 Å². The highest BCUT2D eigenvalue weighted by molar-refractivity contribution is 9.10. The van der Waals surface area contributed by atoms with Crippen molar-refractivity contribution < 1.29 is 8.42 Å². The van der Waals surface area contributed by atoms with Gasteiger partial charge < -0.3 is 0 Å². The van der Waals surface area contributed by atoms with Crippen LogP contribution in [0.2, 0.25) is 5.02 Å². The van der Waals surface area contributed by atoms with Crippen molar-refractivity contribution in [3.8, 4) is 28.2 Å². The van der Waals surface area contributed by atoms with Gasteiger partial charge in [0.05, 0.1) is 16.3 Å². The van der Waals surface area contributed by atoms with Gasteiger partial charge in [-0.05, 0) is 48.5 Å². The van der Waals surface area contributed by atoms with E-state index in [0.717, 1.165) is 15.7 Å². The van der Waals surface area contributed by atoms with Crippen molar-refractivity contribution in [2.24, 2.45) is 0 Å². The number of hydrogen-bond donors (Lipinski definition) is 0. The predicted molar refractivity (Wildman–Crippen MR) is 139 cm³/mol. The topological polar surface area (TPSA) is 52.0 Å². The molecule has 0 saturated heterocycles. The molecule has 0 atom stereocenters. The number of halogens is 2. The fourth-order valence-corrected chi connectivity index (χ4v) is 5.78. The number of hydrogen-bond acceptors (Lipinski definition) is 3. The smallest absolute Gasteiger partial charge is 0.210 e. The summed E-state index contributed by atoms with van der Waals surface area (Å²) in [5.74, 6) is 0. The fraction of sp³-hybridized carbons (Fsp3) is 0. The highest BCUT2D eigenvalue weighted by Crippen LogP contribution is 2.40. The molecule has 0 aliphatic heterocycles. The number of sulfone groups is 1. The van der Waals surface area contributed by atoms with Gasteiger partial charge in [-0.3, -0.25) is 0 Å². The van der Waals surface area contributed by atoms with E-state index in [0.29, 0.717) is 22.0 Å². The molecular formula is C27H18BrClN2O2S. The number of rotatable bonds is 5. The molecule has 5 rings (SSSR count). The molecule has 1 aromatic heterocycles. The quantitative estimate of drug-likeness (QED) is 0.229. The van der Waals surface area contributed by atoms with E-state index in [1.807, 2.05) is 60.7 Å². The molecule has 0 unspecified atom stereocenters. The minimum absolute atomic E-state index is 0.146. The zero-order valence-electron chi connectivity index (χ0n) is 17.8. The largest absolute Gasteiger partial charge is 0.231 e. The molecule has 0 spiro atoms. The highest BCUT2D eigenvalue weighted by Gasteiger charge is 2.32. The van der Waals surface area contributed by atoms with E-state index in [9.17, 15) is 8.42 Å². The molecule has 7 heteroatoms. The van der Waals surface area contributed by atoms with Gasteiger partial charge in [0, 0.05) is 20.6 Å². The lowest BCUT2D eigenvalue weighted by molar-refractivity contribution is 0.596. The van der Waals surface area contributed by atoms with Crippen LogP contribution in [-0.2, 0) is 9.84 Å². The standard InChI is InChI=1S/C27H18BrClN2O2S/c28-21-13-17-24(18-14-21)34(32,33)27-25(19-11-15-22(29)16-12-19)30-31(23-9-5-2-6-10-23)26(27)20-7-3-1-4-8-20/h1-18H. The van der Waals surface area contributed by atoms with Gasteiger partial charge in [-0.2, -0.15) is 5.10 Å². The lowest BCUT2D eigenvalue weighted by atomic mass is 10.1. The van der Waals surface area contributed by atoms with Crippen molar-refractivity contribution in [2.75, 3.05) is 0 Å². The monoisotopic (exact) mass is 548 g/mol. The van der Waals surface area contributed by atoms with Gasteiger partial charge in [-0.15, -0.1) is 0 Å². The summed E-state index contributed by atoms with van der Waals surface area (Å²) >= 11 is 9.51. The number of nitrogens with zero attached hydrogens (tertiary/aromatic N) is 2. The summed E-state index contributed by atoms with van der Waals surface area (Å²) in [5.41, 5.74) is 3.03. The maximum absolute atomic E-state index is 14.2. The fourth-order valence-electron chi connectivity index (χ4n) is 3.79. The van der Waals surface area contributed by atoms with Crippen molar-refractivity contribution >= 4 is 37.4 Å². The van der Waals surface area contributed by atoms with Gasteiger partial charge >= 0.3 is 0 Å². The minimum atomic E-state index is -3.95. The van der Waals surface area contributed by atoms with Crippen molar-refractivity contribution in [1.82, 2.24) is 9.78 Å². The third-order valence-corrected chi connectivity index (χ3v) is 8.00. The Morgan fingerprint density at radius 2 is 1.29 bits per heavy atom. The molecule has 4 aromatic carbocycles. The molecule has 0 aliphatic rings. The summed E-state index contributed by atoms with van der Waals surface area (Å²) in [6.45, 7) is 0. The van der Waals surface area contributed by atoms with Crippen molar-refractivity contribution in [3.63, 3.8) is 0 Å². The van der Waals surface area contributed by atoms with Crippen LogP contribution in [0, 0.1) is 0 Å². The normalized spacial score (nSPS) is 11.5. The molecule has 0 N–H and O–H groups in total. The van der Waals surface area contributed by atoms with Crippen LogP contribution < -0.4 is 0 Å². The van der Waals surface area contributed by atoms with Crippen LogP contribution in [-0.4, -0.2) is 18.2 Å². The molecule has 0 bridgehead atoms. The van der Waals surface area contributed by atoms with Crippen LogP contribution in [0.25, 0.3) is 28.2 Å². The summed E-state index contributed by atoms with van der Waals surface area (Å²) in [7, 11) is -3.95. The second-order valence-electron chi connectivity index (χ2n) is 7.60. The number of benzene rings is 4. The Balaban J connectivity index is 1.90. The van der Waals surface area contributed by atoms with Crippen molar-refractivity contribution in [3.05, 3.63) is 119 Å². The van der Waals surface area contributed by atoms with E-state index in [1.165, 1.54) is 0 Å². The van der Waals surface area contributed by atoms with Crippen LogP contribution >= 0.6 is 27.5 Å². The summed E-state index contributed by atoms with van der Waals surface area (Å²) < 4.78 is 30.8. The summed E-state index contributed by atoms with van der Waals surface area (Å²) in [6, 6.07) is 32.6. The third-order valence-electron chi connectivity index (χ3n) is 5.40. The Labute approximate surface area is 211 Å². The van der Waals surface area contributed by atoms with Crippen molar-refractivity contribution in [2.45, 2.75) is 9.79 Å². The molecular weight excluding hydrogens is 532 g/mol. The van der Waals surface area contributed by atoms with Gasteiger partial charge in [0.1, 0.15) is 10.6 Å². The molecule has 0 fully saturated rings. The van der Waals surface area contributed by atoms with Gasteiger partial charge in [0.25, 0.3) is 0 Å². The number of para-hydroxylation sites is 1. The lowest BCUT2D eigenvalue weighted by Crippen LogP contribution is -2.06. The predicted octanol–water partition coefficient (Wildman–Crippen LogP) is 7.46. The highest BCUT2D eigenvalue weighted by atomic mass is 79.9. The molecule has 168 valence electrons.